The van der Waals surface area contributed by atoms with E-state index in [0.717, 1.165) is 32.4 Å². The number of hydrogen-bond donors (Lipinski definition) is 1. The molecule has 0 bridgehead atoms. The predicted molar refractivity (Wildman–Crippen MR) is 111 cm³/mol. The van der Waals surface area contributed by atoms with Gasteiger partial charge in [0.2, 0.25) is 11.3 Å². The van der Waals surface area contributed by atoms with Crippen LogP contribution >= 0.6 is 0 Å². The number of amides is 2. The molecule has 29 heavy (non-hydrogen) atoms. The Morgan fingerprint density at radius 1 is 0.966 bits per heavy atom. The van der Waals surface area contributed by atoms with Crippen molar-refractivity contribution in [3.05, 3.63) is 70.5 Å². The molecule has 148 valence electrons. The highest BCUT2D eigenvalue weighted by Crippen LogP contribution is 2.20. The molecule has 0 radical (unpaired) electrons. The van der Waals surface area contributed by atoms with Crippen LogP contribution in [-0.4, -0.2) is 39.6 Å². The molecule has 2 amide bonds. The number of anilines is 1. The zero-order chi connectivity index (χ0) is 20.2. The zero-order valence-electron chi connectivity index (χ0n) is 16.0. The van der Waals surface area contributed by atoms with Gasteiger partial charge in [0.15, 0.2) is 0 Å². The lowest BCUT2D eigenvalue weighted by Crippen LogP contribution is -2.36. The Balaban J connectivity index is 1.55. The van der Waals surface area contributed by atoms with Gasteiger partial charge in [0.05, 0.1) is 23.0 Å². The van der Waals surface area contributed by atoms with Gasteiger partial charge in [0.25, 0.3) is 5.91 Å². The Hall–Kier alpha value is -3.48. The summed E-state index contributed by atoms with van der Waals surface area (Å²) in [6.45, 7) is 1.43. The summed E-state index contributed by atoms with van der Waals surface area (Å²) in [5, 5.41) is 7.43. The summed E-state index contributed by atoms with van der Waals surface area (Å²) in [5.74, 6) is -0.377. The van der Waals surface area contributed by atoms with Crippen LogP contribution in [0.1, 0.15) is 29.6 Å². The molecule has 0 aliphatic carbocycles. The lowest BCUT2D eigenvalue weighted by molar-refractivity contribution is -0.116. The van der Waals surface area contributed by atoms with Gasteiger partial charge in [-0.1, -0.05) is 24.3 Å². The highest BCUT2D eigenvalue weighted by atomic mass is 16.2. The molecule has 1 aliphatic rings. The standard InChI is InChI=1S/C22H22N4O3/c27-20-14-23-26(19-11-5-3-9-17(19)20)15-21(28)24-18-10-4-2-8-16(18)22(29)25-12-6-1-7-13-25/h2-5,8-11,14H,1,6-7,12-13,15H2,(H,24,28). The molecular formula is C22H22N4O3. The van der Waals surface area contributed by atoms with Gasteiger partial charge in [0.1, 0.15) is 6.54 Å². The van der Waals surface area contributed by atoms with Crippen LogP contribution in [0.2, 0.25) is 0 Å². The van der Waals surface area contributed by atoms with Crippen molar-refractivity contribution >= 4 is 28.4 Å². The number of rotatable bonds is 4. The summed E-state index contributed by atoms with van der Waals surface area (Å²) in [4.78, 5) is 39.4. The molecule has 3 aromatic rings. The highest BCUT2D eigenvalue weighted by molar-refractivity contribution is 6.03. The molecule has 1 fully saturated rings. The first-order valence-corrected chi connectivity index (χ1v) is 9.76. The second-order valence-electron chi connectivity index (χ2n) is 7.13. The summed E-state index contributed by atoms with van der Waals surface area (Å²) >= 11 is 0. The van der Waals surface area contributed by atoms with E-state index in [1.165, 1.54) is 10.9 Å². The maximum absolute atomic E-state index is 12.9. The minimum Gasteiger partial charge on any atom is -0.339 e. The third-order valence-electron chi connectivity index (χ3n) is 5.13. The Labute approximate surface area is 167 Å². The van der Waals surface area contributed by atoms with Crippen molar-refractivity contribution in [3.63, 3.8) is 0 Å². The second-order valence-corrected chi connectivity index (χ2v) is 7.13. The minimum atomic E-state index is -0.315. The molecule has 4 rings (SSSR count). The number of nitrogens with zero attached hydrogens (tertiary/aromatic N) is 3. The van der Waals surface area contributed by atoms with Crippen molar-refractivity contribution in [3.8, 4) is 0 Å². The molecule has 0 saturated carbocycles. The summed E-state index contributed by atoms with van der Waals surface area (Å²) in [6.07, 6.45) is 4.36. The first-order chi connectivity index (χ1) is 14.1. The van der Waals surface area contributed by atoms with E-state index >= 15 is 0 Å². The molecule has 0 spiro atoms. The number of piperidine rings is 1. The number of aromatic nitrogens is 2. The van der Waals surface area contributed by atoms with E-state index in [4.69, 9.17) is 0 Å². The molecule has 1 aromatic heterocycles. The molecule has 2 aromatic carbocycles. The minimum absolute atomic E-state index is 0.0625. The van der Waals surface area contributed by atoms with E-state index < -0.39 is 0 Å². The van der Waals surface area contributed by atoms with Gasteiger partial charge in [0, 0.05) is 18.5 Å². The van der Waals surface area contributed by atoms with E-state index in [9.17, 15) is 14.4 Å². The number of carbonyl (C=O) groups is 2. The van der Waals surface area contributed by atoms with Crippen LogP contribution in [0, 0.1) is 0 Å². The number of benzene rings is 2. The lowest BCUT2D eigenvalue weighted by atomic mass is 10.1. The largest absolute Gasteiger partial charge is 0.339 e. The molecule has 7 nitrogen and oxygen atoms in total. The van der Waals surface area contributed by atoms with Gasteiger partial charge in [-0.15, -0.1) is 0 Å². The van der Waals surface area contributed by atoms with Gasteiger partial charge < -0.3 is 10.2 Å². The first-order valence-electron chi connectivity index (χ1n) is 9.76. The van der Waals surface area contributed by atoms with E-state index in [-0.39, 0.29) is 23.8 Å². The summed E-state index contributed by atoms with van der Waals surface area (Å²) in [6, 6.07) is 14.1. The second kappa shape index (κ2) is 8.26. The van der Waals surface area contributed by atoms with Crippen molar-refractivity contribution in [2.45, 2.75) is 25.8 Å². The van der Waals surface area contributed by atoms with Crippen molar-refractivity contribution in [1.29, 1.82) is 0 Å². The fourth-order valence-electron chi connectivity index (χ4n) is 3.66. The highest BCUT2D eigenvalue weighted by Gasteiger charge is 2.21. The van der Waals surface area contributed by atoms with Crippen LogP contribution in [0.5, 0.6) is 0 Å². The van der Waals surface area contributed by atoms with Gasteiger partial charge >= 0.3 is 0 Å². The fourth-order valence-corrected chi connectivity index (χ4v) is 3.66. The number of nitrogens with one attached hydrogen (secondary N) is 1. The quantitative estimate of drug-likeness (QED) is 0.742. The molecule has 0 unspecified atom stereocenters. The molecule has 1 N–H and O–H groups in total. The van der Waals surface area contributed by atoms with Crippen LogP contribution in [0.25, 0.3) is 10.9 Å². The molecule has 1 aliphatic heterocycles. The van der Waals surface area contributed by atoms with Crippen LogP contribution in [0.3, 0.4) is 0 Å². The predicted octanol–water partition coefficient (Wildman–Crippen LogP) is 2.66. The summed E-state index contributed by atoms with van der Waals surface area (Å²) in [5.41, 5.74) is 1.38. The maximum atomic E-state index is 12.9. The Kier molecular flexibility index (Phi) is 5.37. The molecule has 0 atom stereocenters. The number of carbonyl (C=O) groups excluding carboxylic acids is 2. The number of para-hydroxylation sites is 2. The Morgan fingerprint density at radius 3 is 2.52 bits per heavy atom. The SMILES string of the molecule is O=C(Cn1ncc(=O)c2ccccc21)Nc1ccccc1C(=O)N1CCCCC1. The van der Waals surface area contributed by atoms with Gasteiger partial charge in [-0.3, -0.25) is 19.1 Å². The van der Waals surface area contributed by atoms with Crippen molar-refractivity contribution in [1.82, 2.24) is 14.7 Å². The van der Waals surface area contributed by atoms with Crippen molar-refractivity contribution < 1.29 is 9.59 Å². The number of likely N-dealkylation sites (tertiary alicyclic amines) is 1. The Morgan fingerprint density at radius 2 is 1.69 bits per heavy atom. The van der Waals surface area contributed by atoms with Crippen molar-refractivity contribution in [2.24, 2.45) is 0 Å². The van der Waals surface area contributed by atoms with Gasteiger partial charge in [-0.05, 0) is 43.5 Å². The third kappa shape index (κ3) is 4.03. The van der Waals surface area contributed by atoms with Crippen LogP contribution in [-0.2, 0) is 11.3 Å². The van der Waals surface area contributed by atoms with E-state index in [1.807, 2.05) is 4.90 Å². The van der Waals surface area contributed by atoms with Crippen LogP contribution < -0.4 is 10.7 Å². The third-order valence-corrected chi connectivity index (χ3v) is 5.13. The van der Waals surface area contributed by atoms with E-state index in [1.54, 1.807) is 48.5 Å². The molecule has 1 saturated heterocycles. The van der Waals surface area contributed by atoms with Crippen LogP contribution in [0.4, 0.5) is 5.69 Å². The van der Waals surface area contributed by atoms with Crippen molar-refractivity contribution in [2.75, 3.05) is 18.4 Å². The summed E-state index contributed by atoms with van der Waals surface area (Å²) < 4.78 is 1.49. The summed E-state index contributed by atoms with van der Waals surface area (Å²) in [7, 11) is 0. The average Bonchev–Trinajstić information content (AvgIpc) is 2.76. The van der Waals surface area contributed by atoms with Crippen LogP contribution in [0.15, 0.2) is 59.5 Å². The smallest absolute Gasteiger partial charge is 0.255 e. The van der Waals surface area contributed by atoms with E-state index in [2.05, 4.69) is 10.4 Å². The topological polar surface area (TPSA) is 84.3 Å². The number of hydrogen-bond acceptors (Lipinski definition) is 4. The molecular weight excluding hydrogens is 368 g/mol. The molecule has 7 heteroatoms. The normalized spacial score (nSPS) is 14.0. The maximum Gasteiger partial charge on any atom is 0.255 e. The number of fused-ring (bicyclic) bond motifs is 1. The van der Waals surface area contributed by atoms with E-state index in [0.29, 0.717) is 22.2 Å². The average molecular weight is 390 g/mol. The lowest BCUT2D eigenvalue weighted by Gasteiger charge is -2.27. The zero-order valence-corrected chi connectivity index (χ0v) is 16.0. The monoisotopic (exact) mass is 390 g/mol. The molecule has 2 heterocycles. The van der Waals surface area contributed by atoms with Gasteiger partial charge in [-0.2, -0.15) is 5.10 Å². The van der Waals surface area contributed by atoms with Gasteiger partial charge in [-0.25, -0.2) is 0 Å². The fraction of sp³-hybridized carbons (Fsp3) is 0.273. The Bertz CT molecular complexity index is 1120. The first kappa shape index (κ1) is 18.9.